The molecule has 0 radical (unpaired) electrons. The number of nitrogens with zero attached hydrogens (tertiary/aromatic N) is 4. The molecule has 0 bridgehead atoms. The van der Waals surface area contributed by atoms with Crippen molar-refractivity contribution >= 4 is 43.7 Å². The van der Waals surface area contributed by atoms with Crippen molar-refractivity contribution in [3.05, 3.63) is 107 Å². The van der Waals surface area contributed by atoms with Crippen LogP contribution in [-0.4, -0.2) is 68.9 Å². The minimum Gasteiger partial charge on any atom is -0.493 e. The summed E-state index contributed by atoms with van der Waals surface area (Å²) in [5, 5.41) is 13.5. The molecule has 2 heterocycles. The van der Waals surface area contributed by atoms with Crippen LogP contribution in [0.1, 0.15) is 37.8 Å². The molecule has 6 rings (SSSR count). The van der Waals surface area contributed by atoms with Gasteiger partial charge in [-0.1, -0.05) is 61.6 Å². The maximum Gasteiger partial charge on any atom is 0.420 e. The number of likely N-dealkylation sites (N-methyl/N-ethyl adjacent to an activating group) is 1. The second kappa shape index (κ2) is 19.2. The molecule has 0 aliphatic rings. The molecule has 294 valence electrons. The number of hydrogen-bond acceptors (Lipinski definition) is 11. The summed E-state index contributed by atoms with van der Waals surface area (Å²) in [5.41, 5.74) is 3.49. The molecule has 1 N–H and O–H groups in total. The number of fused-ring (bicyclic) bond motifs is 2. The quantitative estimate of drug-likeness (QED) is 0.103. The van der Waals surface area contributed by atoms with Crippen LogP contribution < -0.4 is 30.0 Å². The molecule has 13 heteroatoms. The summed E-state index contributed by atoms with van der Waals surface area (Å²) >= 11 is 1.39. The number of nitrogens with one attached hydrogen (secondary N) is 1. The summed E-state index contributed by atoms with van der Waals surface area (Å²) < 4.78 is 29.0. The van der Waals surface area contributed by atoms with Crippen LogP contribution >= 0.6 is 11.3 Å². The Hall–Kier alpha value is -5.84. The van der Waals surface area contributed by atoms with Gasteiger partial charge in [0.2, 0.25) is 5.91 Å². The molecular weight excluding hydrogens is 731 g/mol. The normalized spacial score (nSPS) is 12.1. The van der Waals surface area contributed by atoms with E-state index in [0.29, 0.717) is 27.7 Å². The third-order valence-corrected chi connectivity index (χ3v) is 10.8. The molecule has 0 aliphatic carbocycles. The monoisotopic (exact) mass is 779 g/mol. The van der Waals surface area contributed by atoms with Crippen molar-refractivity contribution in [2.45, 2.75) is 45.1 Å². The fraction of sp³-hybridized carbons (Fsp3) is 0.349. The highest BCUT2D eigenvalue weighted by molar-refractivity contribution is 7.22. The summed E-state index contributed by atoms with van der Waals surface area (Å²) in [5.74, 6) is 2.12. The number of benzene rings is 4. The van der Waals surface area contributed by atoms with Crippen LogP contribution in [0.2, 0.25) is 0 Å². The Kier molecular flexibility index (Phi) is 14.1. The molecule has 12 nitrogen and oxygen atoms in total. The van der Waals surface area contributed by atoms with Gasteiger partial charge in [-0.05, 0) is 98.4 Å². The number of ether oxygens (including phenoxy) is 4. The first-order chi connectivity index (χ1) is 27.0. The largest absolute Gasteiger partial charge is 0.493 e. The Labute approximate surface area is 331 Å². The lowest BCUT2D eigenvalue weighted by Gasteiger charge is -2.32. The van der Waals surface area contributed by atoms with E-state index in [9.17, 15) is 14.9 Å². The topological polar surface area (TPSA) is 141 Å². The van der Waals surface area contributed by atoms with Gasteiger partial charge in [0.1, 0.15) is 6.54 Å². The molecule has 0 saturated heterocycles. The fourth-order valence-electron chi connectivity index (χ4n) is 6.62. The summed E-state index contributed by atoms with van der Waals surface area (Å²) in [6.45, 7) is 5.94. The zero-order chi connectivity index (χ0) is 40.2. The average Bonchev–Trinajstić information content (AvgIpc) is 3.77. The molecule has 1 amide bonds. The van der Waals surface area contributed by atoms with Crippen LogP contribution in [0.5, 0.6) is 23.0 Å². The van der Waals surface area contributed by atoms with E-state index in [2.05, 4.69) is 48.2 Å². The number of carbonyl (C=O) groups is 1. The van der Waals surface area contributed by atoms with E-state index in [1.807, 2.05) is 54.6 Å². The number of methoxy groups -OCH3 is 4. The first kappa shape index (κ1) is 41.3. The number of thiazole rings is 1. The van der Waals surface area contributed by atoms with Gasteiger partial charge in [0, 0.05) is 6.54 Å². The van der Waals surface area contributed by atoms with Crippen molar-refractivity contribution < 1.29 is 28.2 Å². The Morgan fingerprint density at radius 3 is 2.25 bits per heavy atom. The predicted octanol–water partition coefficient (Wildman–Crippen LogP) is 7.94. The maximum absolute atomic E-state index is 12.2. The third kappa shape index (κ3) is 9.69. The lowest BCUT2D eigenvalue weighted by Crippen LogP contribution is -2.32. The van der Waals surface area contributed by atoms with Gasteiger partial charge in [-0.25, -0.2) is 9.78 Å². The van der Waals surface area contributed by atoms with E-state index < -0.39 is 11.2 Å². The van der Waals surface area contributed by atoms with Gasteiger partial charge in [-0.2, -0.15) is 5.26 Å². The van der Waals surface area contributed by atoms with Crippen molar-refractivity contribution in [2.75, 3.05) is 53.9 Å². The van der Waals surface area contributed by atoms with Gasteiger partial charge >= 0.3 is 5.76 Å². The number of hydrogen-bond donors (Lipinski definition) is 1. The Balaban J connectivity index is 0.000000227. The van der Waals surface area contributed by atoms with Gasteiger partial charge in [-0.15, -0.1) is 0 Å². The molecule has 1 unspecified atom stereocenters. The van der Waals surface area contributed by atoms with Crippen molar-refractivity contribution in [3.8, 4) is 29.1 Å². The minimum absolute atomic E-state index is 0.119. The van der Waals surface area contributed by atoms with Crippen molar-refractivity contribution in [3.63, 3.8) is 0 Å². The summed E-state index contributed by atoms with van der Waals surface area (Å²) in [6.07, 6.45) is 2.61. The molecule has 56 heavy (non-hydrogen) atoms. The molecule has 2 aromatic heterocycles. The summed E-state index contributed by atoms with van der Waals surface area (Å²) in [4.78, 5) is 30.7. The van der Waals surface area contributed by atoms with Gasteiger partial charge in [0.05, 0.1) is 55.7 Å². The number of carbonyl (C=O) groups excluding carboxylic acids is 1. The molecule has 0 saturated carbocycles. The number of oxazole rings is 1. The van der Waals surface area contributed by atoms with E-state index in [1.165, 1.54) is 21.5 Å². The van der Waals surface area contributed by atoms with Crippen molar-refractivity contribution in [1.82, 2.24) is 14.5 Å². The SMILES string of the molecule is COc1ccc(CCN(C)CCCC(C#N)(c2ccc(OC)c(OC)c2)C(C)C)cc1OC.O=C(Cn1c(=O)oc2ccccc21)Nc1nc2ccccc2s1. The van der Waals surface area contributed by atoms with Crippen molar-refractivity contribution in [2.24, 2.45) is 5.92 Å². The number of amides is 1. The molecule has 0 spiro atoms. The van der Waals surface area contributed by atoms with E-state index in [1.54, 1.807) is 52.7 Å². The number of para-hydroxylation sites is 3. The lowest BCUT2D eigenvalue weighted by atomic mass is 9.69. The first-order valence-corrected chi connectivity index (χ1v) is 19.1. The Morgan fingerprint density at radius 1 is 0.911 bits per heavy atom. The molecule has 0 aliphatic heterocycles. The number of anilines is 1. The molecule has 6 aromatic rings. The smallest absolute Gasteiger partial charge is 0.420 e. The molecule has 4 aromatic carbocycles. The van der Waals surface area contributed by atoms with E-state index >= 15 is 0 Å². The van der Waals surface area contributed by atoms with E-state index in [-0.39, 0.29) is 18.4 Å². The highest BCUT2D eigenvalue weighted by atomic mass is 32.1. The average molecular weight is 780 g/mol. The molecular formula is C43H49N5O7S. The Morgan fingerprint density at radius 2 is 1.57 bits per heavy atom. The highest BCUT2D eigenvalue weighted by Crippen LogP contribution is 2.40. The lowest BCUT2D eigenvalue weighted by molar-refractivity contribution is -0.116. The van der Waals surface area contributed by atoms with Gasteiger partial charge in [-0.3, -0.25) is 9.36 Å². The zero-order valence-corrected chi connectivity index (χ0v) is 33.8. The maximum atomic E-state index is 12.2. The molecule has 1 atom stereocenters. The summed E-state index contributed by atoms with van der Waals surface area (Å²) in [6, 6.07) is 29.2. The van der Waals surface area contributed by atoms with Gasteiger partial charge in [0.15, 0.2) is 33.7 Å². The standard InChI is InChI=1S/C27H38N2O4.C16H11N3O3S/c1-20(2)27(19-28,22-10-12-24(31-5)26(18-22)33-7)14-8-15-29(3)16-13-21-9-11-23(30-4)25(17-21)32-6;20-14(18-15-17-10-5-1-4-8-13(10)23-15)9-19-11-6-2-3-7-12(11)22-16(19)21/h9-12,17-18,20H,8,13-16H2,1-7H3;1-8H,9H2,(H,17,18,20). The number of rotatable bonds is 16. The first-order valence-electron chi connectivity index (χ1n) is 18.3. The third-order valence-electron chi connectivity index (χ3n) is 9.84. The van der Waals surface area contributed by atoms with Crippen molar-refractivity contribution in [1.29, 1.82) is 5.26 Å². The van der Waals surface area contributed by atoms with E-state index in [0.717, 1.165) is 59.6 Å². The van der Waals surface area contributed by atoms with E-state index in [4.69, 9.17) is 23.4 Å². The minimum atomic E-state index is -0.580. The zero-order valence-electron chi connectivity index (χ0n) is 33.0. The fourth-order valence-corrected chi connectivity index (χ4v) is 7.50. The second-order valence-corrected chi connectivity index (χ2v) is 14.6. The van der Waals surface area contributed by atoms with Crippen LogP contribution in [0.25, 0.3) is 21.3 Å². The number of aromatic nitrogens is 2. The Bertz CT molecular complexity index is 2310. The highest BCUT2D eigenvalue weighted by Gasteiger charge is 2.36. The number of nitriles is 1. The van der Waals surface area contributed by atoms with Gasteiger partial charge < -0.3 is 33.6 Å². The van der Waals surface area contributed by atoms with Crippen LogP contribution in [0.15, 0.2) is 94.1 Å². The van der Waals surface area contributed by atoms with Crippen LogP contribution in [-0.2, 0) is 23.2 Å². The predicted molar refractivity (Wildman–Crippen MR) is 220 cm³/mol. The van der Waals surface area contributed by atoms with Gasteiger partial charge in [0.25, 0.3) is 0 Å². The molecule has 0 fully saturated rings. The second-order valence-electron chi connectivity index (χ2n) is 13.6. The summed E-state index contributed by atoms with van der Waals surface area (Å²) in [7, 11) is 8.67. The van der Waals surface area contributed by atoms with Crippen LogP contribution in [0.3, 0.4) is 0 Å². The van der Waals surface area contributed by atoms with Crippen LogP contribution in [0, 0.1) is 17.2 Å². The van der Waals surface area contributed by atoms with Crippen LogP contribution in [0.4, 0.5) is 5.13 Å².